The monoisotopic (exact) mass is 114 g/mol. The molecule has 0 aliphatic heterocycles. The molecule has 0 radical (unpaired) electrons. The van der Waals surface area contributed by atoms with E-state index in [-0.39, 0.29) is 0 Å². The van der Waals surface area contributed by atoms with Crippen LogP contribution in [-0.4, -0.2) is 12.3 Å². The second kappa shape index (κ2) is 3.61. The molecule has 0 aliphatic carbocycles. The summed E-state index contributed by atoms with van der Waals surface area (Å²) >= 11 is 0. The zero-order chi connectivity index (χ0) is 6.57. The van der Waals surface area contributed by atoms with Gasteiger partial charge < -0.3 is 11.1 Å². The Labute approximate surface area is 50.6 Å². The minimum absolute atomic E-state index is 0.479. The predicted molar refractivity (Wildman–Crippen MR) is 36.2 cm³/mol. The highest BCUT2D eigenvalue weighted by molar-refractivity contribution is 5.78. The molecule has 0 bridgehead atoms. The Kier molecular flexibility index (Phi) is 3.44. The fourth-order valence-electron chi connectivity index (χ4n) is 0.606. The highest BCUT2D eigenvalue weighted by atomic mass is 14.5. The summed E-state index contributed by atoms with van der Waals surface area (Å²) in [7, 11) is 0. The summed E-state index contributed by atoms with van der Waals surface area (Å²) in [5.74, 6) is 0.479. The summed E-state index contributed by atoms with van der Waals surface area (Å²) in [6, 6.07) is 0. The van der Waals surface area contributed by atoms with E-state index >= 15 is 0 Å². The minimum Gasteiger partial charge on any atom is -0.330 e. The van der Waals surface area contributed by atoms with Crippen molar-refractivity contribution in [1.29, 1.82) is 5.41 Å². The Hall–Kier alpha value is -0.370. The molecule has 0 amide bonds. The fourth-order valence-corrected chi connectivity index (χ4v) is 0.606. The van der Waals surface area contributed by atoms with E-state index < -0.39 is 0 Å². The van der Waals surface area contributed by atoms with Crippen molar-refractivity contribution in [2.45, 2.75) is 20.3 Å². The van der Waals surface area contributed by atoms with E-state index in [2.05, 4.69) is 6.92 Å². The van der Waals surface area contributed by atoms with Crippen molar-refractivity contribution in [2.75, 3.05) is 6.54 Å². The van der Waals surface area contributed by atoms with E-state index in [0.29, 0.717) is 12.5 Å². The maximum Gasteiger partial charge on any atom is 0.00613 e. The summed E-state index contributed by atoms with van der Waals surface area (Å²) in [4.78, 5) is 0. The second-order valence-electron chi connectivity index (χ2n) is 2.33. The van der Waals surface area contributed by atoms with Gasteiger partial charge >= 0.3 is 0 Å². The average molecular weight is 114 g/mol. The van der Waals surface area contributed by atoms with Crippen LogP contribution in [0.5, 0.6) is 0 Å². The Morgan fingerprint density at radius 1 is 1.75 bits per heavy atom. The van der Waals surface area contributed by atoms with Crippen LogP contribution in [0, 0.1) is 11.3 Å². The topological polar surface area (TPSA) is 49.9 Å². The quantitative estimate of drug-likeness (QED) is 0.528. The largest absolute Gasteiger partial charge is 0.330 e. The van der Waals surface area contributed by atoms with Crippen LogP contribution in [0.2, 0.25) is 0 Å². The molecule has 1 unspecified atom stereocenters. The summed E-state index contributed by atoms with van der Waals surface area (Å²) in [5, 5.41) is 7.07. The Balaban J connectivity index is 3.24. The summed E-state index contributed by atoms with van der Waals surface area (Å²) in [6.07, 6.45) is 0.844. The molecule has 0 saturated carbocycles. The lowest BCUT2D eigenvalue weighted by Crippen LogP contribution is -2.12. The van der Waals surface area contributed by atoms with Crippen molar-refractivity contribution in [3.63, 3.8) is 0 Å². The molecule has 0 spiro atoms. The van der Waals surface area contributed by atoms with Crippen LogP contribution in [0.15, 0.2) is 0 Å². The van der Waals surface area contributed by atoms with Gasteiger partial charge in [-0.25, -0.2) is 0 Å². The number of rotatable bonds is 3. The zero-order valence-electron chi connectivity index (χ0n) is 5.57. The average Bonchev–Trinajstić information content (AvgIpc) is 1.65. The maximum atomic E-state index is 7.07. The lowest BCUT2D eigenvalue weighted by molar-refractivity contribution is 0.620. The van der Waals surface area contributed by atoms with Crippen LogP contribution in [0.4, 0.5) is 0 Å². The van der Waals surface area contributed by atoms with E-state index in [1.165, 1.54) is 0 Å². The molecule has 2 nitrogen and oxygen atoms in total. The third-order valence-corrected chi connectivity index (χ3v) is 1.06. The SMILES string of the molecule is CC(=N)CC(C)CN. The third kappa shape index (κ3) is 3.81. The maximum absolute atomic E-state index is 7.07. The molecule has 8 heavy (non-hydrogen) atoms. The first-order valence-electron chi connectivity index (χ1n) is 2.91. The van der Waals surface area contributed by atoms with Crippen LogP contribution in [0.25, 0.3) is 0 Å². The molecule has 1 atom stereocenters. The van der Waals surface area contributed by atoms with Gasteiger partial charge in [-0.05, 0) is 25.8 Å². The highest BCUT2D eigenvalue weighted by Gasteiger charge is 1.97. The van der Waals surface area contributed by atoms with Gasteiger partial charge in [0, 0.05) is 5.71 Å². The molecule has 0 rings (SSSR count). The van der Waals surface area contributed by atoms with Gasteiger partial charge in [0.25, 0.3) is 0 Å². The van der Waals surface area contributed by atoms with Crippen LogP contribution >= 0.6 is 0 Å². The fraction of sp³-hybridized carbons (Fsp3) is 0.833. The molecule has 0 aromatic carbocycles. The van der Waals surface area contributed by atoms with Crippen molar-refractivity contribution in [3.05, 3.63) is 0 Å². The minimum atomic E-state index is 0.479. The van der Waals surface area contributed by atoms with Crippen molar-refractivity contribution in [1.82, 2.24) is 0 Å². The Bertz CT molecular complexity index is 78.6. The van der Waals surface area contributed by atoms with Gasteiger partial charge in [0.2, 0.25) is 0 Å². The van der Waals surface area contributed by atoms with Gasteiger partial charge in [0.15, 0.2) is 0 Å². The molecule has 0 aromatic rings. The number of nitrogens with two attached hydrogens (primary N) is 1. The molecule has 0 fully saturated rings. The van der Waals surface area contributed by atoms with Crippen LogP contribution in [0.1, 0.15) is 20.3 Å². The summed E-state index contributed by atoms with van der Waals surface area (Å²) in [5.41, 5.74) is 6.05. The van der Waals surface area contributed by atoms with E-state index in [0.717, 1.165) is 12.1 Å². The molecular formula is C6H14N2. The summed E-state index contributed by atoms with van der Waals surface area (Å²) < 4.78 is 0. The number of hydrogen-bond donors (Lipinski definition) is 2. The first kappa shape index (κ1) is 7.63. The van der Waals surface area contributed by atoms with Crippen molar-refractivity contribution in [3.8, 4) is 0 Å². The first-order valence-corrected chi connectivity index (χ1v) is 2.91. The van der Waals surface area contributed by atoms with Gasteiger partial charge in [-0.2, -0.15) is 0 Å². The second-order valence-corrected chi connectivity index (χ2v) is 2.33. The Morgan fingerprint density at radius 2 is 2.25 bits per heavy atom. The predicted octanol–water partition coefficient (Wildman–Crippen LogP) is 1.01. The molecule has 2 heteroatoms. The van der Waals surface area contributed by atoms with Gasteiger partial charge in [0.1, 0.15) is 0 Å². The van der Waals surface area contributed by atoms with E-state index in [1.54, 1.807) is 0 Å². The molecule has 0 saturated heterocycles. The van der Waals surface area contributed by atoms with Crippen molar-refractivity contribution >= 4 is 5.71 Å². The smallest absolute Gasteiger partial charge is 0.00613 e. The lowest BCUT2D eigenvalue weighted by Gasteiger charge is -2.04. The third-order valence-electron chi connectivity index (χ3n) is 1.06. The zero-order valence-corrected chi connectivity index (χ0v) is 5.57. The molecule has 0 heterocycles. The molecular weight excluding hydrogens is 100 g/mol. The normalized spacial score (nSPS) is 13.4. The van der Waals surface area contributed by atoms with E-state index in [4.69, 9.17) is 11.1 Å². The van der Waals surface area contributed by atoms with Gasteiger partial charge in [-0.1, -0.05) is 6.92 Å². The van der Waals surface area contributed by atoms with Crippen LogP contribution < -0.4 is 5.73 Å². The van der Waals surface area contributed by atoms with Gasteiger partial charge in [0.05, 0.1) is 0 Å². The standard InChI is InChI=1S/C6H14N2/c1-5(4-7)3-6(2)8/h5,8H,3-4,7H2,1-2H3. The number of hydrogen-bond acceptors (Lipinski definition) is 2. The Morgan fingerprint density at radius 3 is 2.38 bits per heavy atom. The number of nitrogens with one attached hydrogen (secondary N) is 1. The van der Waals surface area contributed by atoms with E-state index in [1.807, 2.05) is 6.92 Å². The molecule has 0 aromatic heterocycles. The molecule has 3 N–H and O–H groups in total. The summed E-state index contributed by atoms with van der Waals surface area (Å²) in [6.45, 7) is 4.56. The van der Waals surface area contributed by atoms with Gasteiger partial charge in [-0.3, -0.25) is 0 Å². The van der Waals surface area contributed by atoms with Crippen molar-refractivity contribution < 1.29 is 0 Å². The first-order chi connectivity index (χ1) is 3.66. The lowest BCUT2D eigenvalue weighted by atomic mass is 10.1. The van der Waals surface area contributed by atoms with Crippen molar-refractivity contribution in [2.24, 2.45) is 11.7 Å². The van der Waals surface area contributed by atoms with E-state index in [9.17, 15) is 0 Å². The van der Waals surface area contributed by atoms with Gasteiger partial charge in [-0.15, -0.1) is 0 Å². The van der Waals surface area contributed by atoms with Crippen LogP contribution in [-0.2, 0) is 0 Å². The molecule has 0 aliphatic rings. The van der Waals surface area contributed by atoms with Crippen LogP contribution in [0.3, 0.4) is 0 Å². The molecule has 48 valence electrons. The highest BCUT2D eigenvalue weighted by Crippen LogP contribution is 1.98.